The Hall–Kier alpha value is -1.42. The lowest BCUT2D eigenvalue weighted by molar-refractivity contribution is 0.467. The molecule has 2 aromatic rings. The van der Waals surface area contributed by atoms with E-state index < -0.39 is 0 Å². The molecule has 1 heterocycles. The van der Waals surface area contributed by atoms with Crippen LogP contribution in [0.15, 0.2) is 36.4 Å². The second kappa shape index (κ2) is 6.14. The van der Waals surface area contributed by atoms with Gasteiger partial charge >= 0.3 is 0 Å². The summed E-state index contributed by atoms with van der Waals surface area (Å²) in [4.78, 5) is 2.23. The van der Waals surface area contributed by atoms with E-state index in [1.54, 1.807) is 12.1 Å². The third kappa shape index (κ3) is 3.10. The van der Waals surface area contributed by atoms with Crippen molar-refractivity contribution < 1.29 is 5.11 Å². The van der Waals surface area contributed by atoms with Crippen molar-refractivity contribution in [3.05, 3.63) is 57.6 Å². The first-order valence-electron chi connectivity index (χ1n) is 6.85. The van der Waals surface area contributed by atoms with Crippen LogP contribution in [0.1, 0.15) is 11.1 Å². The minimum absolute atomic E-state index is 0.107. The zero-order valence-electron chi connectivity index (χ0n) is 11.4. The first-order chi connectivity index (χ1) is 10.1. The minimum Gasteiger partial charge on any atom is -0.506 e. The summed E-state index contributed by atoms with van der Waals surface area (Å²) in [5.74, 6) is 0.107. The van der Waals surface area contributed by atoms with Crippen LogP contribution in [0.25, 0.3) is 0 Å². The van der Waals surface area contributed by atoms with Crippen LogP contribution in [-0.4, -0.2) is 18.2 Å². The molecule has 0 bridgehead atoms. The van der Waals surface area contributed by atoms with E-state index in [2.05, 4.69) is 22.3 Å². The molecule has 110 valence electrons. The van der Waals surface area contributed by atoms with Gasteiger partial charge in [0.25, 0.3) is 0 Å². The molecule has 0 atom stereocenters. The van der Waals surface area contributed by atoms with Gasteiger partial charge in [0.1, 0.15) is 5.75 Å². The quantitative estimate of drug-likeness (QED) is 0.882. The van der Waals surface area contributed by atoms with Gasteiger partial charge in [-0.15, -0.1) is 0 Å². The first kappa shape index (κ1) is 14.5. The molecule has 0 saturated carbocycles. The van der Waals surface area contributed by atoms with E-state index in [9.17, 15) is 5.11 Å². The van der Waals surface area contributed by atoms with Gasteiger partial charge in [0.15, 0.2) is 0 Å². The van der Waals surface area contributed by atoms with Crippen molar-refractivity contribution in [1.82, 2.24) is 5.32 Å². The Labute approximate surface area is 134 Å². The van der Waals surface area contributed by atoms with Crippen LogP contribution in [-0.2, 0) is 13.1 Å². The van der Waals surface area contributed by atoms with Crippen molar-refractivity contribution >= 4 is 28.9 Å². The number of rotatable bonds is 2. The number of nitrogens with zero attached hydrogens (tertiary/aromatic N) is 1. The third-order valence-electron chi connectivity index (χ3n) is 3.67. The Morgan fingerprint density at radius 2 is 2.00 bits per heavy atom. The van der Waals surface area contributed by atoms with Crippen molar-refractivity contribution in [2.24, 2.45) is 0 Å². The second-order valence-corrected chi connectivity index (χ2v) is 5.97. The normalized spacial score (nSPS) is 14.7. The highest BCUT2D eigenvalue weighted by Crippen LogP contribution is 2.33. The summed E-state index contributed by atoms with van der Waals surface area (Å²) in [5, 5.41) is 14.4. The smallest absolute Gasteiger partial charge is 0.139 e. The average Bonchev–Trinajstić information content (AvgIpc) is 2.67. The fourth-order valence-corrected chi connectivity index (χ4v) is 3.17. The molecule has 0 spiro atoms. The van der Waals surface area contributed by atoms with Gasteiger partial charge in [0.05, 0.1) is 5.02 Å². The molecule has 0 radical (unpaired) electrons. The molecular formula is C16H16Cl2N2O. The van der Waals surface area contributed by atoms with E-state index in [1.165, 1.54) is 11.3 Å². The van der Waals surface area contributed by atoms with Crippen LogP contribution in [0, 0.1) is 0 Å². The molecule has 1 aliphatic rings. The predicted octanol–water partition coefficient (Wildman–Crippen LogP) is 3.81. The molecule has 21 heavy (non-hydrogen) atoms. The Kier molecular flexibility index (Phi) is 4.24. The topological polar surface area (TPSA) is 35.5 Å². The lowest BCUT2D eigenvalue weighted by atomic mass is 10.1. The van der Waals surface area contributed by atoms with Gasteiger partial charge in [-0.25, -0.2) is 0 Å². The highest BCUT2D eigenvalue weighted by molar-refractivity contribution is 6.35. The highest BCUT2D eigenvalue weighted by Gasteiger charge is 2.17. The number of aromatic hydroxyl groups is 1. The summed E-state index contributed by atoms with van der Waals surface area (Å²) in [6.45, 7) is 3.18. The first-order valence-corrected chi connectivity index (χ1v) is 7.61. The summed E-state index contributed by atoms with van der Waals surface area (Å²) in [6, 6.07) is 11.6. The number of anilines is 1. The number of phenolic OH excluding ortho intramolecular Hbond substituents is 1. The summed E-state index contributed by atoms with van der Waals surface area (Å²) >= 11 is 12.0. The molecule has 0 saturated heterocycles. The number of para-hydroxylation sites is 1. The van der Waals surface area contributed by atoms with Gasteiger partial charge in [0, 0.05) is 42.5 Å². The lowest BCUT2D eigenvalue weighted by Crippen LogP contribution is -2.28. The van der Waals surface area contributed by atoms with Gasteiger partial charge in [-0.2, -0.15) is 0 Å². The van der Waals surface area contributed by atoms with Gasteiger partial charge in [-0.3, -0.25) is 0 Å². The zero-order chi connectivity index (χ0) is 14.8. The number of hydrogen-bond donors (Lipinski definition) is 2. The monoisotopic (exact) mass is 322 g/mol. The molecule has 0 aromatic heterocycles. The number of fused-ring (bicyclic) bond motifs is 1. The van der Waals surface area contributed by atoms with E-state index in [1.807, 2.05) is 12.1 Å². The molecule has 0 unspecified atom stereocenters. The van der Waals surface area contributed by atoms with E-state index in [4.69, 9.17) is 23.2 Å². The van der Waals surface area contributed by atoms with Crippen LogP contribution >= 0.6 is 23.2 Å². The molecular weight excluding hydrogens is 307 g/mol. The highest BCUT2D eigenvalue weighted by atomic mass is 35.5. The lowest BCUT2D eigenvalue weighted by Gasteiger charge is -2.25. The molecule has 3 rings (SSSR count). The molecule has 3 nitrogen and oxygen atoms in total. The fraction of sp³-hybridized carbons (Fsp3) is 0.250. The SMILES string of the molecule is Oc1c(Cl)cc(Cl)cc1CN1CCNCc2ccccc21. The molecule has 2 aromatic carbocycles. The Bertz CT molecular complexity index is 661. The molecule has 2 N–H and O–H groups in total. The number of benzene rings is 2. The zero-order valence-corrected chi connectivity index (χ0v) is 13.0. The molecule has 5 heteroatoms. The van der Waals surface area contributed by atoms with Crippen LogP contribution < -0.4 is 10.2 Å². The van der Waals surface area contributed by atoms with Gasteiger partial charge in [0.2, 0.25) is 0 Å². The summed E-state index contributed by atoms with van der Waals surface area (Å²) < 4.78 is 0. The van der Waals surface area contributed by atoms with E-state index in [-0.39, 0.29) is 5.75 Å². The van der Waals surface area contributed by atoms with Gasteiger partial charge < -0.3 is 15.3 Å². The fourth-order valence-electron chi connectivity index (χ4n) is 2.64. The predicted molar refractivity (Wildman–Crippen MR) is 87.3 cm³/mol. The Morgan fingerprint density at radius 1 is 1.19 bits per heavy atom. The van der Waals surface area contributed by atoms with Gasteiger partial charge in [-0.1, -0.05) is 41.4 Å². The number of halogens is 2. The van der Waals surface area contributed by atoms with Crippen molar-refractivity contribution in [3.8, 4) is 5.75 Å². The van der Waals surface area contributed by atoms with Crippen molar-refractivity contribution in [3.63, 3.8) is 0 Å². The second-order valence-electron chi connectivity index (χ2n) is 5.12. The van der Waals surface area contributed by atoms with Crippen LogP contribution in [0.3, 0.4) is 0 Å². The number of nitrogens with one attached hydrogen (secondary N) is 1. The van der Waals surface area contributed by atoms with Crippen LogP contribution in [0.2, 0.25) is 10.0 Å². The average molecular weight is 323 g/mol. The third-order valence-corrected chi connectivity index (χ3v) is 4.18. The van der Waals surface area contributed by atoms with Crippen molar-refractivity contribution in [2.45, 2.75) is 13.1 Å². The summed E-state index contributed by atoms with van der Waals surface area (Å²) in [6.07, 6.45) is 0. The molecule has 1 aliphatic heterocycles. The molecule has 0 fully saturated rings. The summed E-state index contributed by atoms with van der Waals surface area (Å²) in [7, 11) is 0. The number of phenols is 1. The molecule has 0 aliphatic carbocycles. The van der Waals surface area contributed by atoms with Crippen molar-refractivity contribution in [2.75, 3.05) is 18.0 Å². The van der Waals surface area contributed by atoms with E-state index in [0.717, 1.165) is 25.2 Å². The van der Waals surface area contributed by atoms with E-state index in [0.29, 0.717) is 16.6 Å². The van der Waals surface area contributed by atoms with Crippen LogP contribution in [0.4, 0.5) is 5.69 Å². The maximum atomic E-state index is 10.1. The van der Waals surface area contributed by atoms with Crippen molar-refractivity contribution in [1.29, 1.82) is 0 Å². The maximum absolute atomic E-state index is 10.1. The standard InChI is InChI=1S/C16H16Cl2N2O/c17-13-7-12(16(21)14(18)8-13)10-20-6-5-19-9-11-3-1-2-4-15(11)20/h1-4,7-8,19,21H,5-6,9-10H2. The Balaban J connectivity index is 1.95. The maximum Gasteiger partial charge on any atom is 0.139 e. The number of hydrogen-bond acceptors (Lipinski definition) is 3. The van der Waals surface area contributed by atoms with Gasteiger partial charge in [-0.05, 0) is 23.8 Å². The molecule has 0 amide bonds. The summed E-state index contributed by atoms with van der Waals surface area (Å²) in [5.41, 5.74) is 3.17. The minimum atomic E-state index is 0.107. The van der Waals surface area contributed by atoms with Crippen LogP contribution in [0.5, 0.6) is 5.75 Å². The van der Waals surface area contributed by atoms with E-state index >= 15 is 0 Å². The largest absolute Gasteiger partial charge is 0.506 e. The Morgan fingerprint density at radius 3 is 2.86 bits per heavy atom.